The SMILES string of the molecule is CCOC1=C(Br)C(=O)C(Nc2c3ccccc3nc3ccccc23)=C(Br)C1=O. The Morgan fingerprint density at radius 2 is 1.46 bits per heavy atom. The number of halogens is 2. The zero-order valence-electron chi connectivity index (χ0n) is 14.8. The van der Waals surface area contributed by atoms with Gasteiger partial charge in [-0.05, 0) is 50.9 Å². The maximum absolute atomic E-state index is 12.9. The molecule has 3 aromatic rings. The summed E-state index contributed by atoms with van der Waals surface area (Å²) in [5, 5.41) is 4.90. The molecule has 140 valence electrons. The van der Waals surface area contributed by atoms with Crippen LogP contribution in [0.5, 0.6) is 0 Å². The predicted octanol–water partition coefficient (Wildman–Crippen LogP) is 5.20. The van der Waals surface area contributed by atoms with E-state index in [1.165, 1.54) is 0 Å². The first-order chi connectivity index (χ1) is 13.5. The molecule has 0 radical (unpaired) electrons. The molecule has 28 heavy (non-hydrogen) atoms. The molecule has 0 bridgehead atoms. The Morgan fingerprint density at radius 3 is 2.04 bits per heavy atom. The summed E-state index contributed by atoms with van der Waals surface area (Å²) < 4.78 is 5.59. The number of pyridine rings is 1. The van der Waals surface area contributed by atoms with Crippen LogP contribution in [0.3, 0.4) is 0 Å². The number of fused-ring (bicyclic) bond motifs is 2. The number of Topliss-reactive ketones (excluding diaryl/α,β-unsaturated/α-hetero) is 2. The summed E-state index contributed by atoms with van der Waals surface area (Å²) in [6.45, 7) is 2.04. The molecule has 0 amide bonds. The second-order valence-corrected chi connectivity index (χ2v) is 7.66. The number of anilines is 1. The van der Waals surface area contributed by atoms with E-state index >= 15 is 0 Å². The molecule has 1 aliphatic rings. The average Bonchev–Trinajstić information content (AvgIpc) is 2.72. The zero-order valence-corrected chi connectivity index (χ0v) is 17.9. The topological polar surface area (TPSA) is 68.3 Å². The van der Waals surface area contributed by atoms with Crippen LogP contribution in [-0.4, -0.2) is 23.2 Å². The van der Waals surface area contributed by atoms with Crippen molar-refractivity contribution in [3.05, 3.63) is 69.0 Å². The van der Waals surface area contributed by atoms with E-state index in [0.717, 1.165) is 27.5 Å². The van der Waals surface area contributed by atoms with E-state index < -0.39 is 5.78 Å². The quantitative estimate of drug-likeness (QED) is 0.393. The van der Waals surface area contributed by atoms with Crippen molar-refractivity contribution in [1.82, 2.24) is 4.98 Å². The first-order valence-corrected chi connectivity index (χ1v) is 10.2. The van der Waals surface area contributed by atoms with E-state index in [-0.39, 0.29) is 32.8 Å². The third-order valence-electron chi connectivity index (χ3n) is 4.38. The van der Waals surface area contributed by atoms with E-state index in [1.54, 1.807) is 6.92 Å². The summed E-state index contributed by atoms with van der Waals surface area (Å²) in [6, 6.07) is 15.3. The predicted molar refractivity (Wildman–Crippen MR) is 116 cm³/mol. The zero-order chi connectivity index (χ0) is 19.8. The van der Waals surface area contributed by atoms with E-state index in [1.807, 2.05) is 48.5 Å². The second-order valence-electron chi connectivity index (χ2n) is 6.07. The maximum Gasteiger partial charge on any atom is 0.238 e. The van der Waals surface area contributed by atoms with Crippen molar-refractivity contribution in [1.29, 1.82) is 0 Å². The van der Waals surface area contributed by atoms with Crippen molar-refractivity contribution in [3.8, 4) is 0 Å². The molecule has 1 heterocycles. The molecule has 0 saturated heterocycles. The fourth-order valence-corrected chi connectivity index (χ4v) is 4.06. The van der Waals surface area contributed by atoms with Crippen LogP contribution in [0.15, 0.2) is 69.0 Å². The van der Waals surface area contributed by atoms with Gasteiger partial charge in [0.05, 0.1) is 27.8 Å². The number of aromatic nitrogens is 1. The number of carbonyl (C=O) groups is 2. The number of rotatable bonds is 4. The Hall–Kier alpha value is -2.51. The highest BCUT2D eigenvalue weighted by atomic mass is 79.9. The lowest BCUT2D eigenvalue weighted by atomic mass is 10.0. The lowest BCUT2D eigenvalue weighted by Crippen LogP contribution is -2.25. The highest BCUT2D eigenvalue weighted by Crippen LogP contribution is 2.36. The molecule has 0 atom stereocenters. The van der Waals surface area contributed by atoms with Gasteiger partial charge in [0.25, 0.3) is 0 Å². The van der Waals surface area contributed by atoms with Gasteiger partial charge in [0, 0.05) is 10.8 Å². The number of hydrogen-bond acceptors (Lipinski definition) is 5. The number of allylic oxidation sites excluding steroid dienone is 2. The van der Waals surface area contributed by atoms with Crippen LogP contribution < -0.4 is 5.32 Å². The van der Waals surface area contributed by atoms with Gasteiger partial charge in [-0.3, -0.25) is 9.59 Å². The Balaban J connectivity index is 1.90. The van der Waals surface area contributed by atoms with Crippen LogP contribution in [0.2, 0.25) is 0 Å². The Bertz CT molecular complexity index is 1160. The number of para-hydroxylation sites is 2. The third kappa shape index (κ3) is 3.04. The minimum absolute atomic E-state index is 0.00868. The maximum atomic E-state index is 12.9. The monoisotopic (exact) mass is 500 g/mol. The summed E-state index contributed by atoms with van der Waals surface area (Å²) in [5.74, 6) is -0.743. The molecular weight excluding hydrogens is 488 g/mol. The van der Waals surface area contributed by atoms with E-state index in [0.29, 0.717) is 0 Å². The molecule has 0 spiro atoms. The Kier molecular flexibility index (Phi) is 5.03. The molecule has 1 aliphatic carbocycles. The summed E-state index contributed by atoms with van der Waals surface area (Å²) in [5.41, 5.74) is 2.45. The van der Waals surface area contributed by atoms with Crippen molar-refractivity contribution in [2.24, 2.45) is 0 Å². The molecule has 7 heteroatoms. The fraction of sp³-hybridized carbons (Fsp3) is 0.0952. The highest BCUT2D eigenvalue weighted by Gasteiger charge is 2.34. The number of benzene rings is 2. The molecule has 1 N–H and O–H groups in total. The van der Waals surface area contributed by atoms with E-state index in [2.05, 4.69) is 42.2 Å². The molecule has 0 aliphatic heterocycles. The third-order valence-corrected chi connectivity index (χ3v) is 5.85. The molecule has 5 nitrogen and oxygen atoms in total. The molecule has 2 aromatic carbocycles. The van der Waals surface area contributed by atoms with Crippen molar-refractivity contribution in [3.63, 3.8) is 0 Å². The van der Waals surface area contributed by atoms with Crippen molar-refractivity contribution in [2.75, 3.05) is 11.9 Å². The largest absolute Gasteiger partial charge is 0.488 e. The van der Waals surface area contributed by atoms with Gasteiger partial charge in [-0.15, -0.1) is 0 Å². The van der Waals surface area contributed by atoms with Crippen molar-refractivity contribution in [2.45, 2.75) is 6.92 Å². The smallest absolute Gasteiger partial charge is 0.238 e. The summed E-state index contributed by atoms with van der Waals surface area (Å²) in [7, 11) is 0. The first kappa shape index (κ1) is 18.8. The average molecular weight is 502 g/mol. The van der Waals surface area contributed by atoms with Gasteiger partial charge in [-0.2, -0.15) is 0 Å². The van der Waals surface area contributed by atoms with Gasteiger partial charge in [0.15, 0.2) is 5.76 Å². The molecule has 0 saturated carbocycles. The van der Waals surface area contributed by atoms with Gasteiger partial charge < -0.3 is 10.1 Å². The van der Waals surface area contributed by atoms with Crippen LogP contribution in [0, 0.1) is 0 Å². The van der Waals surface area contributed by atoms with E-state index in [9.17, 15) is 9.59 Å². The van der Waals surface area contributed by atoms with Gasteiger partial charge in [0.2, 0.25) is 11.6 Å². The normalized spacial score (nSPS) is 15.0. The van der Waals surface area contributed by atoms with Crippen LogP contribution >= 0.6 is 31.9 Å². The molecular formula is C21H14Br2N2O3. The van der Waals surface area contributed by atoms with Gasteiger partial charge in [-0.25, -0.2) is 4.98 Å². The van der Waals surface area contributed by atoms with Crippen LogP contribution in [0.25, 0.3) is 21.8 Å². The number of carbonyl (C=O) groups excluding carboxylic acids is 2. The lowest BCUT2D eigenvalue weighted by Gasteiger charge is -2.21. The fourth-order valence-electron chi connectivity index (χ4n) is 3.11. The van der Waals surface area contributed by atoms with Crippen LogP contribution in [0.1, 0.15) is 6.92 Å². The molecule has 0 fully saturated rings. The summed E-state index contributed by atoms with van der Waals surface area (Å²) in [6.07, 6.45) is 0. The Labute approximate surface area is 177 Å². The number of nitrogens with zero attached hydrogens (tertiary/aromatic N) is 1. The summed E-state index contributed by atoms with van der Waals surface area (Å²) in [4.78, 5) is 30.3. The summed E-state index contributed by atoms with van der Waals surface area (Å²) >= 11 is 6.50. The second kappa shape index (κ2) is 7.48. The van der Waals surface area contributed by atoms with E-state index in [4.69, 9.17) is 4.74 Å². The van der Waals surface area contributed by atoms with Crippen molar-refractivity contribution < 1.29 is 14.3 Å². The van der Waals surface area contributed by atoms with Gasteiger partial charge in [-0.1, -0.05) is 36.4 Å². The number of nitrogens with one attached hydrogen (secondary N) is 1. The standard InChI is InChI=1S/C21H14Br2N2O3/c1-2-28-21-16(23)19(26)18(15(22)20(21)27)25-17-11-7-3-5-9-13(11)24-14-10-6-4-8-12(14)17/h3-10H,2H2,1H3,(H,24,25). The Morgan fingerprint density at radius 1 is 0.893 bits per heavy atom. The van der Waals surface area contributed by atoms with Crippen LogP contribution in [0.4, 0.5) is 5.69 Å². The molecule has 1 aromatic heterocycles. The van der Waals surface area contributed by atoms with Crippen LogP contribution in [-0.2, 0) is 14.3 Å². The first-order valence-electron chi connectivity index (χ1n) is 8.59. The lowest BCUT2D eigenvalue weighted by molar-refractivity contribution is -0.118. The molecule has 4 rings (SSSR count). The number of ether oxygens (including phenoxy) is 1. The van der Waals surface area contributed by atoms with Gasteiger partial charge in [0.1, 0.15) is 10.2 Å². The van der Waals surface area contributed by atoms with Gasteiger partial charge >= 0.3 is 0 Å². The minimum Gasteiger partial charge on any atom is -0.488 e. The molecule has 0 unspecified atom stereocenters. The number of ketones is 2. The number of hydrogen-bond donors (Lipinski definition) is 1. The van der Waals surface area contributed by atoms with Crippen molar-refractivity contribution >= 4 is 70.9 Å². The highest BCUT2D eigenvalue weighted by molar-refractivity contribution is 9.12. The minimum atomic E-state index is -0.390.